The zero-order valence-electron chi connectivity index (χ0n) is 16.1. The fourth-order valence-electron chi connectivity index (χ4n) is 2.67. The second-order valence-corrected chi connectivity index (χ2v) is 6.91. The number of ether oxygens (including phenoxy) is 1. The van der Waals surface area contributed by atoms with Crippen LogP contribution in [0.5, 0.6) is 5.75 Å². The summed E-state index contributed by atoms with van der Waals surface area (Å²) >= 11 is 0. The fraction of sp³-hybridized carbons (Fsp3) is 0.273. The van der Waals surface area contributed by atoms with Crippen LogP contribution < -0.4 is 10.1 Å². The molecule has 0 aliphatic rings. The minimum absolute atomic E-state index is 0.0706. The van der Waals surface area contributed by atoms with Crippen molar-refractivity contribution in [1.29, 1.82) is 0 Å². The van der Waals surface area contributed by atoms with E-state index in [-0.39, 0.29) is 11.9 Å². The van der Waals surface area contributed by atoms with E-state index in [0.717, 1.165) is 17.0 Å². The molecule has 0 bridgehead atoms. The molecule has 5 heteroatoms. The monoisotopic (exact) mass is 363 g/mol. The number of para-hydroxylation sites is 1. The molecule has 1 unspecified atom stereocenters. The van der Waals surface area contributed by atoms with Gasteiger partial charge in [-0.15, -0.1) is 0 Å². The summed E-state index contributed by atoms with van der Waals surface area (Å²) in [5, 5.41) is 7.77. The SMILES string of the molecule is COc1ccc(-c2nn(-c3ccccc3)cc2C(=O)NC(C)C(C)C)cc1. The summed E-state index contributed by atoms with van der Waals surface area (Å²) in [6.45, 7) is 6.18. The molecule has 1 amide bonds. The van der Waals surface area contributed by atoms with E-state index in [2.05, 4.69) is 19.2 Å². The first kappa shape index (κ1) is 18.7. The standard InChI is InChI=1S/C22H25N3O2/c1-15(2)16(3)23-22(26)20-14-25(18-8-6-5-7-9-18)24-21(20)17-10-12-19(27-4)13-11-17/h5-16H,1-4H3,(H,23,26). The van der Waals surface area contributed by atoms with Gasteiger partial charge in [-0.1, -0.05) is 32.0 Å². The van der Waals surface area contributed by atoms with E-state index in [0.29, 0.717) is 17.2 Å². The summed E-state index contributed by atoms with van der Waals surface area (Å²) in [7, 11) is 1.63. The Hall–Kier alpha value is -3.08. The fourth-order valence-corrected chi connectivity index (χ4v) is 2.67. The van der Waals surface area contributed by atoms with Gasteiger partial charge in [-0.3, -0.25) is 4.79 Å². The van der Waals surface area contributed by atoms with Gasteiger partial charge < -0.3 is 10.1 Å². The Bertz CT molecular complexity index is 899. The Morgan fingerprint density at radius 3 is 2.30 bits per heavy atom. The number of carbonyl (C=O) groups excluding carboxylic acids is 1. The zero-order chi connectivity index (χ0) is 19.4. The molecule has 1 heterocycles. The molecule has 140 valence electrons. The second kappa shape index (κ2) is 8.08. The van der Waals surface area contributed by atoms with E-state index in [1.165, 1.54) is 0 Å². The van der Waals surface area contributed by atoms with Crippen LogP contribution in [0.3, 0.4) is 0 Å². The van der Waals surface area contributed by atoms with E-state index in [1.54, 1.807) is 18.0 Å². The van der Waals surface area contributed by atoms with Gasteiger partial charge in [0.15, 0.2) is 0 Å². The highest BCUT2D eigenvalue weighted by Crippen LogP contribution is 2.26. The lowest BCUT2D eigenvalue weighted by atomic mass is 10.0. The van der Waals surface area contributed by atoms with Gasteiger partial charge >= 0.3 is 0 Å². The number of hydrogen-bond donors (Lipinski definition) is 1. The van der Waals surface area contributed by atoms with Crippen molar-refractivity contribution in [2.24, 2.45) is 5.92 Å². The molecule has 0 aliphatic heterocycles. The molecule has 3 rings (SSSR count). The van der Waals surface area contributed by atoms with Crippen LogP contribution >= 0.6 is 0 Å². The van der Waals surface area contributed by atoms with Crippen molar-refractivity contribution in [3.63, 3.8) is 0 Å². The first-order chi connectivity index (χ1) is 13.0. The van der Waals surface area contributed by atoms with E-state index >= 15 is 0 Å². The summed E-state index contributed by atoms with van der Waals surface area (Å²) in [5.41, 5.74) is 2.97. The van der Waals surface area contributed by atoms with Crippen molar-refractivity contribution in [1.82, 2.24) is 15.1 Å². The van der Waals surface area contributed by atoms with Gasteiger partial charge in [0.2, 0.25) is 0 Å². The number of aromatic nitrogens is 2. The van der Waals surface area contributed by atoms with Gasteiger partial charge in [-0.25, -0.2) is 4.68 Å². The van der Waals surface area contributed by atoms with Crippen LogP contribution in [0.4, 0.5) is 0 Å². The lowest BCUT2D eigenvalue weighted by Crippen LogP contribution is -2.36. The molecule has 27 heavy (non-hydrogen) atoms. The molecular formula is C22H25N3O2. The topological polar surface area (TPSA) is 56.2 Å². The number of hydrogen-bond acceptors (Lipinski definition) is 3. The molecular weight excluding hydrogens is 338 g/mol. The Labute approximate surface area is 160 Å². The van der Waals surface area contributed by atoms with E-state index < -0.39 is 0 Å². The number of nitrogens with one attached hydrogen (secondary N) is 1. The maximum Gasteiger partial charge on any atom is 0.255 e. The molecule has 0 spiro atoms. The van der Waals surface area contributed by atoms with Crippen molar-refractivity contribution in [3.05, 3.63) is 66.4 Å². The number of amides is 1. The largest absolute Gasteiger partial charge is 0.497 e. The van der Waals surface area contributed by atoms with Crippen molar-refractivity contribution >= 4 is 5.91 Å². The summed E-state index contributed by atoms with van der Waals surface area (Å²) in [6.07, 6.45) is 1.79. The minimum Gasteiger partial charge on any atom is -0.497 e. The molecule has 0 saturated heterocycles. The van der Waals surface area contributed by atoms with E-state index in [9.17, 15) is 4.79 Å². The van der Waals surface area contributed by atoms with Crippen LogP contribution in [0.25, 0.3) is 16.9 Å². The predicted octanol–water partition coefficient (Wildman–Crippen LogP) is 4.32. The van der Waals surface area contributed by atoms with Crippen LogP contribution in [-0.2, 0) is 0 Å². The quantitative estimate of drug-likeness (QED) is 0.709. The van der Waals surface area contributed by atoms with Gasteiger partial charge in [-0.2, -0.15) is 5.10 Å². The number of benzene rings is 2. The molecule has 1 aromatic heterocycles. The maximum atomic E-state index is 12.9. The van der Waals surface area contributed by atoms with Crippen molar-refractivity contribution in [3.8, 4) is 22.7 Å². The highest BCUT2D eigenvalue weighted by Gasteiger charge is 2.21. The van der Waals surface area contributed by atoms with Crippen LogP contribution in [0.1, 0.15) is 31.1 Å². The second-order valence-electron chi connectivity index (χ2n) is 6.91. The summed E-state index contributed by atoms with van der Waals surface area (Å²) in [5.74, 6) is 0.993. The first-order valence-corrected chi connectivity index (χ1v) is 9.10. The summed E-state index contributed by atoms with van der Waals surface area (Å²) in [4.78, 5) is 12.9. The molecule has 5 nitrogen and oxygen atoms in total. The van der Waals surface area contributed by atoms with Gasteiger partial charge in [0.1, 0.15) is 11.4 Å². The average Bonchev–Trinajstić information content (AvgIpc) is 3.14. The van der Waals surface area contributed by atoms with Crippen LogP contribution in [0, 0.1) is 5.92 Å². The normalized spacial score (nSPS) is 12.0. The van der Waals surface area contributed by atoms with Crippen LogP contribution in [-0.4, -0.2) is 28.8 Å². The lowest BCUT2D eigenvalue weighted by molar-refractivity contribution is 0.0931. The average molecular weight is 363 g/mol. The Morgan fingerprint density at radius 2 is 1.70 bits per heavy atom. The van der Waals surface area contributed by atoms with Gasteiger partial charge in [0.25, 0.3) is 5.91 Å². The Balaban J connectivity index is 2.03. The number of carbonyl (C=O) groups is 1. The van der Waals surface area contributed by atoms with Crippen LogP contribution in [0.2, 0.25) is 0 Å². The summed E-state index contributed by atoms with van der Waals surface area (Å²) < 4.78 is 6.98. The third kappa shape index (κ3) is 4.19. The van der Waals surface area contributed by atoms with E-state index in [1.807, 2.05) is 61.5 Å². The van der Waals surface area contributed by atoms with Gasteiger partial charge in [0, 0.05) is 17.8 Å². The van der Waals surface area contributed by atoms with Crippen molar-refractivity contribution < 1.29 is 9.53 Å². The maximum absolute atomic E-state index is 12.9. The van der Waals surface area contributed by atoms with E-state index in [4.69, 9.17) is 9.84 Å². The molecule has 0 aliphatic carbocycles. The Kier molecular flexibility index (Phi) is 5.60. The highest BCUT2D eigenvalue weighted by atomic mass is 16.5. The molecule has 3 aromatic rings. The zero-order valence-corrected chi connectivity index (χ0v) is 16.1. The number of nitrogens with zero attached hydrogens (tertiary/aromatic N) is 2. The van der Waals surface area contributed by atoms with Gasteiger partial charge in [0.05, 0.1) is 18.4 Å². The number of methoxy groups -OCH3 is 1. The number of rotatable bonds is 6. The molecule has 0 saturated carbocycles. The lowest BCUT2D eigenvalue weighted by Gasteiger charge is -2.17. The first-order valence-electron chi connectivity index (χ1n) is 9.10. The third-order valence-corrected chi connectivity index (χ3v) is 4.70. The highest BCUT2D eigenvalue weighted by molar-refractivity contribution is 6.00. The molecule has 0 fully saturated rings. The van der Waals surface area contributed by atoms with Gasteiger partial charge in [-0.05, 0) is 49.2 Å². The minimum atomic E-state index is -0.121. The molecule has 0 radical (unpaired) electrons. The molecule has 1 atom stereocenters. The Morgan fingerprint density at radius 1 is 1.04 bits per heavy atom. The van der Waals surface area contributed by atoms with Crippen molar-refractivity contribution in [2.45, 2.75) is 26.8 Å². The smallest absolute Gasteiger partial charge is 0.255 e. The summed E-state index contributed by atoms with van der Waals surface area (Å²) in [6, 6.07) is 17.4. The van der Waals surface area contributed by atoms with Crippen LogP contribution in [0.15, 0.2) is 60.8 Å². The predicted molar refractivity (Wildman–Crippen MR) is 107 cm³/mol. The molecule has 2 aromatic carbocycles. The third-order valence-electron chi connectivity index (χ3n) is 4.70. The van der Waals surface area contributed by atoms with Crippen molar-refractivity contribution in [2.75, 3.05) is 7.11 Å². The molecule has 1 N–H and O–H groups in total.